The average Bonchev–Trinajstić information content (AvgIpc) is 3.40. The maximum Gasteiger partial charge on any atom is 0.137 e. The van der Waals surface area contributed by atoms with Crippen molar-refractivity contribution in [3.05, 3.63) is 95.8 Å². The van der Waals surface area contributed by atoms with Gasteiger partial charge in [0.2, 0.25) is 0 Å². The van der Waals surface area contributed by atoms with E-state index < -0.39 is 23.2 Å². The van der Waals surface area contributed by atoms with Gasteiger partial charge in [-0.2, -0.15) is 5.10 Å². The Bertz CT molecular complexity index is 1120. The minimum atomic E-state index is -1.76. The van der Waals surface area contributed by atoms with Gasteiger partial charge in [-0.15, -0.1) is 5.10 Å². The molecule has 0 saturated carbocycles. The molecule has 30 heavy (non-hydrogen) atoms. The lowest BCUT2D eigenvalue weighted by molar-refractivity contribution is -0.0123. The van der Waals surface area contributed by atoms with Gasteiger partial charge >= 0.3 is 0 Å². The highest BCUT2D eigenvalue weighted by Gasteiger charge is 2.41. The van der Waals surface area contributed by atoms with E-state index in [1.165, 1.54) is 23.4 Å². The average molecular weight is 410 g/mol. The van der Waals surface area contributed by atoms with Crippen LogP contribution < -0.4 is 0 Å². The highest BCUT2D eigenvalue weighted by molar-refractivity contribution is 5.29. The van der Waals surface area contributed by atoms with Gasteiger partial charge in [0.15, 0.2) is 0 Å². The molecule has 2 atom stereocenters. The van der Waals surface area contributed by atoms with Crippen LogP contribution >= 0.6 is 0 Å². The van der Waals surface area contributed by atoms with Crippen LogP contribution in [-0.4, -0.2) is 34.9 Å². The van der Waals surface area contributed by atoms with E-state index in [4.69, 9.17) is 0 Å². The summed E-state index contributed by atoms with van der Waals surface area (Å²) in [6.07, 6.45) is 4.46. The molecule has 154 valence electrons. The van der Waals surface area contributed by atoms with E-state index in [0.717, 1.165) is 17.7 Å². The summed E-state index contributed by atoms with van der Waals surface area (Å²) in [7, 11) is 0. The van der Waals surface area contributed by atoms with Gasteiger partial charge in [0.1, 0.15) is 29.9 Å². The Morgan fingerprint density at radius 1 is 1.10 bits per heavy atom. The number of hydrogen-bond acceptors (Lipinski definition) is 5. The lowest BCUT2D eigenvalue weighted by Gasteiger charge is -2.33. The molecule has 0 amide bonds. The van der Waals surface area contributed by atoms with Crippen LogP contribution in [0.4, 0.5) is 8.78 Å². The highest BCUT2D eigenvalue weighted by atomic mass is 19.1. The van der Waals surface area contributed by atoms with Crippen LogP contribution in [0.25, 0.3) is 0 Å². The van der Waals surface area contributed by atoms with Gasteiger partial charge in [-0.05, 0) is 11.6 Å². The normalized spacial score (nSPS) is 14.4. The lowest BCUT2D eigenvalue weighted by atomic mass is 9.80. The summed E-state index contributed by atoms with van der Waals surface area (Å²) in [4.78, 5) is 3.87. The first-order valence-corrected chi connectivity index (χ1v) is 9.40. The molecule has 2 unspecified atom stereocenters. The zero-order valence-electron chi connectivity index (χ0n) is 16.2. The Morgan fingerprint density at radius 2 is 1.90 bits per heavy atom. The van der Waals surface area contributed by atoms with Gasteiger partial charge in [-0.3, -0.25) is 0 Å². The molecule has 4 rings (SSSR count). The Balaban J connectivity index is 1.68. The van der Waals surface area contributed by atoms with Crippen molar-refractivity contribution in [2.24, 2.45) is 0 Å². The zero-order chi connectivity index (χ0) is 21.1. The van der Waals surface area contributed by atoms with Crippen molar-refractivity contribution in [1.29, 1.82) is 0 Å². The summed E-state index contributed by atoms with van der Waals surface area (Å²) < 4.78 is 31.2. The summed E-state index contributed by atoms with van der Waals surface area (Å²) >= 11 is 0. The smallest absolute Gasteiger partial charge is 0.137 e. The van der Waals surface area contributed by atoms with Crippen molar-refractivity contribution in [1.82, 2.24) is 29.8 Å². The van der Waals surface area contributed by atoms with E-state index in [-0.39, 0.29) is 12.1 Å². The van der Waals surface area contributed by atoms with E-state index in [2.05, 4.69) is 20.4 Å². The van der Waals surface area contributed by atoms with E-state index in [9.17, 15) is 13.9 Å². The monoisotopic (exact) mass is 410 g/mol. The van der Waals surface area contributed by atoms with Crippen molar-refractivity contribution < 1.29 is 13.9 Å². The van der Waals surface area contributed by atoms with Gasteiger partial charge in [-0.25, -0.2) is 23.1 Å². The Kier molecular flexibility index (Phi) is 5.37. The summed E-state index contributed by atoms with van der Waals surface area (Å²) in [5.41, 5.74) is -0.301. The second-order valence-electron chi connectivity index (χ2n) is 7.19. The molecular weight excluding hydrogens is 390 g/mol. The van der Waals surface area contributed by atoms with E-state index in [0.29, 0.717) is 12.2 Å². The third-order valence-electron chi connectivity index (χ3n) is 5.17. The molecule has 2 aromatic carbocycles. The fourth-order valence-electron chi connectivity index (χ4n) is 3.46. The minimum Gasteiger partial charge on any atom is -0.382 e. The van der Waals surface area contributed by atoms with Crippen molar-refractivity contribution in [2.45, 2.75) is 31.5 Å². The first-order valence-electron chi connectivity index (χ1n) is 9.40. The fourth-order valence-corrected chi connectivity index (χ4v) is 3.46. The summed E-state index contributed by atoms with van der Waals surface area (Å²) in [6.45, 7) is 2.13. The van der Waals surface area contributed by atoms with Gasteiger partial charge in [-0.1, -0.05) is 48.5 Å². The third kappa shape index (κ3) is 3.97. The van der Waals surface area contributed by atoms with E-state index in [1.807, 2.05) is 30.3 Å². The van der Waals surface area contributed by atoms with Crippen LogP contribution in [0.5, 0.6) is 0 Å². The molecule has 9 heteroatoms. The van der Waals surface area contributed by atoms with Crippen molar-refractivity contribution in [3.8, 4) is 0 Å². The van der Waals surface area contributed by atoms with Crippen LogP contribution in [0, 0.1) is 11.6 Å². The van der Waals surface area contributed by atoms with Gasteiger partial charge < -0.3 is 5.11 Å². The quantitative estimate of drug-likeness (QED) is 0.507. The van der Waals surface area contributed by atoms with Crippen molar-refractivity contribution >= 4 is 0 Å². The number of rotatable bonds is 7. The van der Waals surface area contributed by atoms with E-state index in [1.54, 1.807) is 17.8 Å². The summed E-state index contributed by atoms with van der Waals surface area (Å²) in [5.74, 6) is -2.24. The maximum absolute atomic E-state index is 14.7. The summed E-state index contributed by atoms with van der Waals surface area (Å²) in [6, 6.07) is 12.9. The highest BCUT2D eigenvalue weighted by Crippen LogP contribution is 2.38. The predicted octanol–water partition coefficient (Wildman–Crippen LogP) is 2.89. The molecule has 4 aromatic rings. The number of halogens is 2. The molecule has 0 aliphatic carbocycles. The lowest BCUT2D eigenvalue weighted by Crippen LogP contribution is -2.38. The Hall–Kier alpha value is -3.46. The van der Waals surface area contributed by atoms with Crippen LogP contribution in [0.1, 0.15) is 29.7 Å². The molecule has 0 aliphatic heterocycles. The largest absolute Gasteiger partial charge is 0.382 e. The fraction of sp³-hybridized carbons (Fsp3) is 0.238. The molecule has 7 nitrogen and oxygen atoms in total. The van der Waals surface area contributed by atoms with Crippen LogP contribution in [0.2, 0.25) is 0 Å². The van der Waals surface area contributed by atoms with Gasteiger partial charge in [0, 0.05) is 23.7 Å². The predicted molar refractivity (Wildman–Crippen MR) is 104 cm³/mol. The molecule has 0 saturated heterocycles. The molecule has 0 bridgehead atoms. The molecular formula is C21H20F2N6O. The van der Waals surface area contributed by atoms with Gasteiger partial charge in [0.05, 0.1) is 18.8 Å². The zero-order valence-corrected chi connectivity index (χ0v) is 16.2. The Labute approximate surface area is 171 Å². The number of nitrogens with zero attached hydrogens (tertiary/aromatic N) is 6. The minimum absolute atomic E-state index is 0.0514. The molecule has 2 heterocycles. The van der Waals surface area contributed by atoms with Crippen LogP contribution in [-0.2, 0) is 18.7 Å². The molecule has 0 radical (unpaired) electrons. The third-order valence-corrected chi connectivity index (χ3v) is 5.17. The Morgan fingerprint density at radius 3 is 2.60 bits per heavy atom. The topological polar surface area (TPSA) is 81.6 Å². The number of aromatic nitrogens is 6. The molecule has 1 N–H and O–H groups in total. The van der Waals surface area contributed by atoms with Crippen LogP contribution in [0.15, 0.2) is 67.4 Å². The maximum atomic E-state index is 14.7. The molecule has 0 aliphatic rings. The second kappa shape index (κ2) is 8.11. The second-order valence-corrected chi connectivity index (χ2v) is 7.19. The summed E-state index contributed by atoms with van der Waals surface area (Å²) in [5, 5.41) is 24.0. The molecule has 0 spiro atoms. The molecule has 2 aromatic heterocycles. The first kappa shape index (κ1) is 19.8. The van der Waals surface area contributed by atoms with E-state index >= 15 is 0 Å². The first-order chi connectivity index (χ1) is 14.5. The van der Waals surface area contributed by atoms with Crippen molar-refractivity contribution in [3.63, 3.8) is 0 Å². The molecule has 0 fully saturated rings. The van der Waals surface area contributed by atoms with Crippen LogP contribution in [0.3, 0.4) is 0 Å². The SMILES string of the molecule is CC(c1cn(Cc2ccccc2)nn1)C(O)(Cn1cncn1)c1ccc(F)cc1F. The number of aliphatic hydroxyl groups is 1. The number of hydrogen-bond donors (Lipinski definition) is 1. The van der Waals surface area contributed by atoms with Gasteiger partial charge in [0.25, 0.3) is 0 Å². The standard InChI is InChI=1S/C21H20F2N6O/c1-15(20-11-28(27-26-20)10-16-5-3-2-4-6-16)21(30,12-29-14-24-13-25-29)18-8-7-17(22)9-19(18)23/h2-9,11,13-15,30H,10,12H2,1H3. The van der Waals surface area contributed by atoms with Crippen molar-refractivity contribution in [2.75, 3.05) is 0 Å². The number of benzene rings is 2.